The van der Waals surface area contributed by atoms with Crippen molar-refractivity contribution in [2.75, 3.05) is 28.2 Å². The summed E-state index contributed by atoms with van der Waals surface area (Å²) in [5, 5.41) is 18.8. The molecule has 0 saturated heterocycles. The van der Waals surface area contributed by atoms with E-state index in [1.54, 1.807) is 62.5 Å². The van der Waals surface area contributed by atoms with E-state index < -0.39 is 9.84 Å². The van der Waals surface area contributed by atoms with Crippen LogP contribution in [0.3, 0.4) is 0 Å². The Morgan fingerprint density at radius 1 is 0.640 bits per heavy atom. The highest BCUT2D eigenvalue weighted by Gasteiger charge is 2.17. The van der Waals surface area contributed by atoms with Crippen LogP contribution in [0, 0.1) is 0 Å². The monoisotopic (exact) mass is 360 g/mol. The second-order valence-corrected chi connectivity index (χ2v) is 7.51. The van der Waals surface area contributed by atoms with Gasteiger partial charge in [-0.2, -0.15) is 0 Å². The molecule has 0 aromatic heterocycles. The van der Waals surface area contributed by atoms with Crippen LogP contribution in [0.4, 0.5) is 11.4 Å². The molecule has 2 aromatic rings. The Morgan fingerprint density at radius 2 is 0.960 bits per heavy atom. The van der Waals surface area contributed by atoms with Crippen molar-refractivity contribution >= 4 is 21.2 Å². The molecule has 0 spiro atoms. The normalized spacial score (nSPS) is 12.0. The van der Waals surface area contributed by atoms with Gasteiger partial charge in [-0.3, -0.25) is 10.0 Å². The van der Waals surface area contributed by atoms with Gasteiger partial charge in [-0.1, -0.05) is 10.4 Å². The number of nitrogens with zero attached hydrogens (tertiary/aromatic N) is 6. The summed E-state index contributed by atoms with van der Waals surface area (Å²) in [4.78, 5) is 0.387. The third-order valence-corrected chi connectivity index (χ3v) is 4.76. The van der Waals surface area contributed by atoms with Crippen molar-refractivity contribution in [3.8, 4) is 0 Å². The number of sulfone groups is 1. The van der Waals surface area contributed by atoms with Crippen molar-refractivity contribution in [2.24, 2.45) is 20.7 Å². The smallest absolute Gasteiger partial charge is 0.206 e. The lowest BCUT2D eigenvalue weighted by atomic mass is 10.3. The molecular weight excluding hydrogens is 340 g/mol. The molecule has 2 rings (SSSR count). The molecule has 0 heterocycles. The van der Waals surface area contributed by atoms with E-state index in [9.17, 15) is 8.42 Å². The van der Waals surface area contributed by atoms with Gasteiger partial charge in [0.05, 0.1) is 21.2 Å². The summed E-state index contributed by atoms with van der Waals surface area (Å²) in [6, 6.07) is 12.5. The molecule has 0 bridgehead atoms. The first-order chi connectivity index (χ1) is 11.8. The topological polar surface area (TPSA) is 90.1 Å². The third kappa shape index (κ3) is 5.08. The molecule has 0 unspecified atom stereocenters. The standard InChI is InChI=1S/C16H20N6O2S/c1-21(2)19-17-13-5-9-15(10-6-13)25(23,24)16-11-7-14(8-12-16)18-20-22(3)4/h5-12H,1-4H3. The first-order valence-electron chi connectivity index (χ1n) is 7.42. The van der Waals surface area contributed by atoms with Crippen LogP contribution in [-0.4, -0.2) is 46.6 Å². The average Bonchev–Trinajstić information content (AvgIpc) is 2.59. The highest BCUT2D eigenvalue weighted by molar-refractivity contribution is 7.91. The highest BCUT2D eigenvalue weighted by Crippen LogP contribution is 2.25. The fourth-order valence-corrected chi connectivity index (χ4v) is 3.06. The number of rotatable bonds is 6. The molecule has 8 nitrogen and oxygen atoms in total. The van der Waals surface area contributed by atoms with E-state index in [0.717, 1.165) is 0 Å². The van der Waals surface area contributed by atoms with Crippen LogP contribution >= 0.6 is 0 Å². The summed E-state index contributed by atoms with van der Waals surface area (Å²) in [6.07, 6.45) is 0. The lowest BCUT2D eigenvalue weighted by Gasteiger charge is -2.06. The first-order valence-corrected chi connectivity index (χ1v) is 8.90. The van der Waals surface area contributed by atoms with E-state index in [-0.39, 0.29) is 9.79 Å². The van der Waals surface area contributed by atoms with Crippen LogP contribution in [-0.2, 0) is 9.84 Å². The SMILES string of the molecule is CN(C)N=Nc1ccc(S(=O)(=O)c2ccc(N=NN(C)C)cc2)cc1. The van der Waals surface area contributed by atoms with Crippen molar-refractivity contribution in [1.82, 2.24) is 10.0 Å². The van der Waals surface area contributed by atoms with E-state index in [1.807, 2.05) is 0 Å². The van der Waals surface area contributed by atoms with Gasteiger partial charge in [0.15, 0.2) is 0 Å². The molecule has 9 heteroatoms. The lowest BCUT2D eigenvalue weighted by Crippen LogP contribution is -2.01. The van der Waals surface area contributed by atoms with Crippen LogP contribution in [0.15, 0.2) is 79.0 Å². The van der Waals surface area contributed by atoms with Crippen LogP contribution in [0.1, 0.15) is 0 Å². The second kappa shape index (κ2) is 7.84. The summed E-state index contributed by atoms with van der Waals surface area (Å²) in [5.74, 6) is 0. The van der Waals surface area contributed by atoms with Gasteiger partial charge in [-0.25, -0.2) is 8.42 Å². The Morgan fingerprint density at radius 3 is 1.24 bits per heavy atom. The minimum Gasteiger partial charge on any atom is -0.285 e. The van der Waals surface area contributed by atoms with Gasteiger partial charge >= 0.3 is 0 Å². The van der Waals surface area contributed by atoms with Crippen LogP contribution < -0.4 is 0 Å². The Bertz CT molecular complexity index is 789. The molecule has 0 aliphatic carbocycles. The highest BCUT2D eigenvalue weighted by atomic mass is 32.2. The maximum atomic E-state index is 12.7. The van der Waals surface area contributed by atoms with E-state index in [4.69, 9.17) is 0 Å². The molecule has 0 aliphatic heterocycles. The van der Waals surface area contributed by atoms with Crippen LogP contribution in [0.25, 0.3) is 0 Å². The Hall–Kier alpha value is -2.81. The molecule has 0 radical (unpaired) electrons. The van der Waals surface area contributed by atoms with Crippen molar-refractivity contribution in [2.45, 2.75) is 9.79 Å². The van der Waals surface area contributed by atoms with Gasteiger partial charge in [0.1, 0.15) is 0 Å². The zero-order chi connectivity index (χ0) is 18.4. The van der Waals surface area contributed by atoms with Crippen molar-refractivity contribution in [1.29, 1.82) is 0 Å². The molecule has 0 aliphatic rings. The largest absolute Gasteiger partial charge is 0.285 e. The van der Waals surface area contributed by atoms with Gasteiger partial charge < -0.3 is 0 Å². The zero-order valence-electron chi connectivity index (χ0n) is 14.5. The predicted octanol–water partition coefficient (Wildman–Crippen LogP) is 3.64. The summed E-state index contributed by atoms with van der Waals surface area (Å²) < 4.78 is 25.3. The predicted molar refractivity (Wildman–Crippen MR) is 94.7 cm³/mol. The molecule has 132 valence electrons. The summed E-state index contributed by atoms with van der Waals surface area (Å²) in [7, 11) is 3.42. The Kier molecular flexibility index (Phi) is 5.81. The molecule has 0 atom stereocenters. The first kappa shape index (κ1) is 18.5. The quantitative estimate of drug-likeness (QED) is 0.581. The van der Waals surface area contributed by atoms with E-state index in [0.29, 0.717) is 11.4 Å². The van der Waals surface area contributed by atoms with Crippen molar-refractivity contribution in [3.05, 3.63) is 48.5 Å². The number of benzene rings is 2. The van der Waals surface area contributed by atoms with Gasteiger partial charge in [0.2, 0.25) is 9.84 Å². The second-order valence-electron chi connectivity index (χ2n) is 5.56. The summed E-state index contributed by atoms with van der Waals surface area (Å²) in [5.41, 5.74) is 1.15. The number of hydrogen-bond donors (Lipinski definition) is 0. The zero-order valence-corrected chi connectivity index (χ0v) is 15.3. The van der Waals surface area contributed by atoms with E-state index in [2.05, 4.69) is 20.7 Å². The molecule has 0 amide bonds. The van der Waals surface area contributed by atoms with Gasteiger partial charge in [-0.05, 0) is 48.5 Å². The van der Waals surface area contributed by atoms with Crippen LogP contribution in [0.2, 0.25) is 0 Å². The minimum atomic E-state index is -3.60. The summed E-state index contributed by atoms with van der Waals surface area (Å²) in [6.45, 7) is 0. The number of hydrogen-bond acceptors (Lipinski definition) is 6. The molecule has 2 aromatic carbocycles. The van der Waals surface area contributed by atoms with E-state index in [1.165, 1.54) is 24.3 Å². The average molecular weight is 360 g/mol. The third-order valence-electron chi connectivity index (χ3n) is 2.97. The Balaban J connectivity index is 2.23. The van der Waals surface area contributed by atoms with Crippen LogP contribution in [0.5, 0.6) is 0 Å². The maximum Gasteiger partial charge on any atom is 0.206 e. The molecule has 25 heavy (non-hydrogen) atoms. The van der Waals surface area contributed by atoms with Gasteiger partial charge in [0.25, 0.3) is 0 Å². The van der Waals surface area contributed by atoms with Gasteiger partial charge in [0, 0.05) is 28.2 Å². The summed E-state index contributed by atoms with van der Waals surface area (Å²) >= 11 is 0. The molecule has 0 fully saturated rings. The molecule has 0 N–H and O–H groups in total. The molecule has 0 saturated carbocycles. The Labute approximate surface area is 147 Å². The minimum absolute atomic E-state index is 0.193. The molecular formula is C16H20N6O2S. The fourth-order valence-electron chi connectivity index (χ4n) is 1.80. The van der Waals surface area contributed by atoms with Gasteiger partial charge in [-0.15, -0.1) is 10.2 Å². The lowest BCUT2D eigenvalue weighted by molar-refractivity contribution is 0.408. The van der Waals surface area contributed by atoms with Crippen molar-refractivity contribution in [3.63, 3.8) is 0 Å². The fraction of sp³-hybridized carbons (Fsp3) is 0.250. The van der Waals surface area contributed by atoms with E-state index >= 15 is 0 Å². The maximum absolute atomic E-state index is 12.7. The van der Waals surface area contributed by atoms with Crippen molar-refractivity contribution < 1.29 is 8.42 Å².